The quantitative estimate of drug-likeness (QED) is 0.830. The van der Waals surface area contributed by atoms with E-state index >= 15 is 0 Å². The van der Waals surface area contributed by atoms with E-state index in [2.05, 4.69) is 0 Å². The second-order valence-electron chi connectivity index (χ2n) is 5.63. The molecule has 124 valence electrons. The van der Waals surface area contributed by atoms with Crippen molar-refractivity contribution in [1.29, 1.82) is 0 Å². The van der Waals surface area contributed by atoms with Crippen molar-refractivity contribution in [2.24, 2.45) is 5.92 Å². The topological polar surface area (TPSA) is 66.5 Å². The number of carbonyl (C=O) groups excluding carboxylic acids is 1. The Balaban J connectivity index is 2.77. The number of hydrogen-bond acceptors (Lipinski definition) is 4. The molecule has 5 nitrogen and oxygen atoms in total. The van der Waals surface area contributed by atoms with Crippen LogP contribution in [0.1, 0.15) is 33.1 Å². The molecule has 0 saturated carbocycles. The third-order valence-corrected chi connectivity index (χ3v) is 4.51. The Morgan fingerprint density at radius 3 is 2.14 bits per heavy atom. The van der Waals surface area contributed by atoms with E-state index in [1.807, 2.05) is 4.90 Å². The van der Waals surface area contributed by atoms with Gasteiger partial charge in [-0.1, -0.05) is 20.3 Å². The summed E-state index contributed by atoms with van der Waals surface area (Å²) in [5.74, 6) is -3.11. The summed E-state index contributed by atoms with van der Waals surface area (Å²) < 4.78 is 60.9. The fourth-order valence-corrected chi connectivity index (χ4v) is 3.48. The van der Waals surface area contributed by atoms with E-state index in [1.165, 1.54) is 0 Å². The van der Waals surface area contributed by atoms with Gasteiger partial charge in [0.1, 0.15) is 0 Å². The molecule has 1 atom stereocenters. The molecular weight excluding hydrogens is 309 g/mol. The van der Waals surface area contributed by atoms with Gasteiger partial charge in [-0.3, -0.25) is 14.4 Å². The van der Waals surface area contributed by atoms with E-state index in [0.717, 1.165) is 19.3 Å². The smallest absolute Gasteiger partial charge is 0.292 e. The molecule has 1 unspecified atom stereocenters. The highest BCUT2D eigenvalue weighted by Crippen LogP contribution is 2.20. The molecule has 0 radical (unpaired) electrons. The van der Waals surface area contributed by atoms with Crippen LogP contribution in [0.5, 0.6) is 0 Å². The van der Waals surface area contributed by atoms with Gasteiger partial charge in [0.15, 0.2) is 5.75 Å². The predicted molar refractivity (Wildman–Crippen MR) is 72.0 cm³/mol. The highest BCUT2D eigenvalue weighted by atomic mass is 32.2. The summed E-state index contributed by atoms with van der Waals surface area (Å²) in [7, 11) is -4.71. The van der Waals surface area contributed by atoms with E-state index in [9.17, 15) is 26.4 Å². The Hall–Kier alpha value is -0.830. The van der Waals surface area contributed by atoms with Crippen molar-refractivity contribution < 1.29 is 26.4 Å². The van der Waals surface area contributed by atoms with E-state index in [4.69, 9.17) is 0 Å². The van der Waals surface area contributed by atoms with Crippen LogP contribution in [0, 0.1) is 5.92 Å². The molecule has 21 heavy (non-hydrogen) atoms. The first kappa shape index (κ1) is 18.2. The molecule has 0 spiro atoms. The van der Waals surface area contributed by atoms with Crippen LogP contribution >= 0.6 is 0 Å². The summed E-state index contributed by atoms with van der Waals surface area (Å²) in [4.78, 5) is 13.9. The fourth-order valence-electron chi connectivity index (χ4n) is 2.55. The molecule has 0 aromatic rings. The summed E-state index contributed by atoms with van der Waals surface area (Å²) in [5.41, 5.74) is 0. The molecule has 0 aliphatic carbocycles. The lowest BCUT2D eigenvalue weighted by Gasteiger charge is -2.35. The molecule has 1 aliphatic rings. The van der Waals surface area contributed by atoms with Crippen molar-refractivity contribution in [2.45, 2.75) is 45.3 Å². The Labute approximate surface area is 122 Å². The summed E-state index contributed by atoms with van der Waals surface area (Å²) in [6.07, 6.45) is -2.04. The molecule has 0 aromatic heterocycles. The molecule has 0 bridgehead atoms. The Bertz CT molecular complexity index is 457. The second-order valence-corrected chi connectivity index (χ2v) is 7.35. The number of likely N-dealkylation sites (tertiary alicyclic amines) is 1. The molecular formula is C12H21F3N2O3S. The van der Waals surface area contributed by atoms with Gasteiger partial charge in [0.05, 0.1) is 6.04 Å². The first-order valence-corrected chi connectivity index (χ1v) is 8.52. The maximum Gasteiger partial charge on any atom is 0.404 e. The van der Waals surface area contributed by atoms with Gasteiger partial charge < -0.3 is 0 Å². The number of hydrogen-bond donors (Lipinski definition) is 1. The molecule has 0 aromatic carbocycles. The normalized spacial score (nSPS) is 19.5. The molecule has 1 heterocycles. The number of nitrogens with zero attached hydrogens (tertiary/aromatic N) is 1. The molecule has 1 rings (SSSR count). The van der Waals surface area contributed by atoms with Gasteiger partial charge >= 0.3 is 6.18 Å². The highest BCUT2D eigenvalue weighted by Gasteiger charge is 2.38. The van der Waals surface area contributed by atoms with Crippen LogP contribution in [0.4, 0.5) is 13.2 Å². The van der Waals surface area contributed by atoms with Crippen LogP contribution in [-0.2, 0) is 14.8 Å². The fraction of sp³-hybridized carbons (Fsp3) is 0.917. The monoisotopic (exact) mass is 330 g/mol. The van der Waals surface area contributed by atoms with Crippen LogP contribution in [0.3, 0.4) is 0 Å². The lowest BCUT2D eigenvalue weighted by molar-refractivity contribution is -0.126. The Morgan fingerprint density at radius 1 is 1.19 bits per heavy atom. The molecule has 1 N–H and O–H groups in total. The summed E-state index contributed by atoms with van der Waals surface area (Å²) >= 11 is 0. The Kier molecular flexibility index (Phi) is 6.03. The molecule has 1 aliphatic heterocycles. The van der Waals surface area contributed by atoms with Gasteiger partial charge in [-0.15, -0.1) is 0 Å². The number of piperidine rings is 1. The maximum atomic E-state index is 12.2. The molecule has 9 heteroatoms. The zero-order valence-corrected chi connectivity index (χ0v) is 12.9. The van der Waals surface area contributed by atoms with Gasteiger partial charge in [-0.25, -0.2) is 8.42 Å². The van der Waals surface area contributed by atoms with Crippen LogP contribution in [0.15, 0.2) is 0 Å². The largest absolute Gasteiger partial charge is 0.404 e. The van der Waals surface area contributed by atoms with Crippen LogP contribution < -0.4 is 4.72 Å². The van der Waals surface area contributed by atoms with Gasteiger partial charge in [0.25, 0.3) is 5.91 Å². The maximum absolute atomic E-state index is 12.2. The van der Waals surface area contributed by atoms with Gasteiger partial charge in [0.2, 0.25) is 10.0 Å². The minimum absolute atomic E-state index is 0.191. The number of nitrogens with one attached hydrogen (secondary N) is 1. The number of carbonyl (C=O) groups is 1. The molecule has 1 fully saturated rings. The Morgan fingerprint density at radius 2 is 1.71 bits per heavy atom. The van der Waals surface area contributed by atoms with E-state index in [-0.39, 0.29) is 5.92 Å². The lowest BCUT2D eigenvalue weighted by Crippen LogP contribution is -2.53. The molecule has 1 saturated heterocycles. The summed E-state index contributed by atoms with van der Waals surface area (Å²) in [6.45, 7) is 4.79. The zero-order valence-electron chi connectivity index (χ0n) is 12.1. The average molecular weight is 330 g/mol. The number of sulfonamides is 1. The number of alkyl halides is 3. The highest BCUT2D eigenvalue weighted by molar-refractivity contribution is 7.90. The van der Waals surface area contributed by atoms with Crippen molar-refractivity contribution >= 4 is 15.9 Å². The third-order valence-electron chi connectivity index (χ3n) is 3.29. The van der Waals surface area contributed by atoms with Crippen LogP contribution in [0.2, 0.25) is 0 Å². The van der Waals surface area contributed by atoms with E-state index in [0.29, 0.717) is 13.1 Å². The number of halogens is 3. The van der Waals surface area contributed by atoms with Crippen molar-refractivity contribution in [3.8, 4) is 0 Å². The first-order valence-electron chi connectivity index (χ1n) is 6.87. The summed E-state index contributed by atoms with van der Waals surface area (Å²) in [6, 6.07) is -0.728. The first-order chi connectivity index (χ1) is 9.52. The second kappa shape index (κ2) is 6.95. The van der Waals surface area contributed by atoms with E-state index in [1.54, 1.807) is 18.6 Å². The van der Waals surface area contributed by atoms with E-state index < -0.39 is 33.9 Å². The standard InChI is InChI=1S/C12H21F3N2O3S/c1-9(2)10(17-6-4-3-5-7-17)11(18)16-21(19,20)8-12(13,14)15/h9-10H,3-8H2,1-2H3,(H,16,18). The average Bonchev–Trinajstić information content (AvgIpc) is 2.25. The number of amides is 1. The van der Waals surface area contributed by atoms with Crippen molar-refractivity contribution in [3.63, 3.8) is 0 Å². The third kappa shape index (κ3) is 6.21. The number of rotatable bonds is 5. The summed E-state index contributed by atoms with van der Waals surface area (Å²) in [5, 5.41) is 0. The minimum Gasteiger partial charge on any atom is -0.292 e. The lowest BCUT2D eigenvalue weighted by atomic mass is 9.99. The van der Waals surface area contributed by atoms with Crippen LogP contribution in [0.25, 0.3) is 0 Å². The van der Waals surface area contributed by atoms with Gasteiger partial charge in [-0.05, 0) is 31.8 Å². The van der Waals surface area contributed by atoms with Crippen molar-refractivity contribution in [3.05, 3.63) is 0 Å². The van der Waals surface area contributed by atoms with Gasteiger partial charge in [0, 0.05) is 0 Å². The van der Waals surface area contributed by atoms with Gasteiger partial charge in [-0.2, -0.15) is 13.2 Å². The minimum atomic E-state index is -4.87. The molecule has 1 amide bonds. The van der Waals surface area contributed by atoms with Crippen LogP contribution in [-0.4, -0.2) is 50.3 Å². The van der Waals surface area contributed by atoms with Crippen molar-refractivity contribution in [2.75, 3.05) is 18.8 Å². The predicted octanol–water partition coefficient (Wildman–Crippen LogP) is 1.51. The zero-order chi connectivity index (χ0) is 16.3. The van der Waals surface area contributed by atoms with Crippen molar-refractivity contribution in [1.82, 2.24) is 9.62 Å². The SMILES string of the molecule is CC(C)C(C(=O)NS(=O)(=O)CC(F)(F)F)N1CCCCC1.